The van der Waals surface area contributed by atoms with Gasteiger partial charge in [0.1, 0.15) is 0 Å². The van der Waals surface area contributed by atoms with Crippen LogP contribution < -0.4 is 5.73 Å². The molecule has 0 saturated heterocycles. The van der Waals surface area contributed by atoms with Gasteiger partial charge in [0.25, 0.3) is 0 Å². The smallest absolute Gasteiger partial charge is 0.0624 e. The van der Waals surface area contributed by atoms with Gasteiger partial charge in [0.2, 0.25) is 0 Å². The van der Waals surface area contributed by atoms with Crippen LogP contribution in [0.3, 0.4) is 0 Å². The molecule has 0 spiro atoms. The highest BCUT2D eigenvalue weighted by molar-refractivity contribution is 5.32. The summed E-state index contributed by atoms with van der Waals surface area (Å²) in [6.07, 6.45) is 0. The van der Waals surface area contributed by atoms with Gasteiger partial charge >= 0.3 is 0 Å². The standard InChI is InChI=1S/C10H15NO/c1-7-3-4-8(2)9(5-7)10(11)6-12/h3-5,10,12H,6,11H2,1-2H3/t10-/m0/s1. The second-order valence-corrected chi connectivity index (χ2v) is 3.15. The Kier molecular flexibility index (Phi) is 2.84. The fraction of sp³-hybridized carbons (Fsp3) is 0.400. The molecule has 2 nitrogen and oxygen atoms in total. The third kappa shape index (κ3) is 1.84. The molecule has 1 rings (SSSR count). The van der Waals surface area contributed by atoms with E-state index in [1.54, 1.807) is 0 Å². The molecule has 0 heterocycles. The largest absolute Gasteiger partial charge is 0.394 e. The number of aryl methyl sites for hydroxylation is 2. The summed E-state index contributed by atoms with van der Waals surface area (Å²) in [5, 5.41) is 8.88. The molecule has 0 aliphatic rings. The van der Waals surface area contributed by atoms with Gasteiger partial charge in [0.15, 0.2) is 0 Å². The summed E-state index contributed by atoms with van der Waals surface area (Å²) in [6, 6.07) is 5.85. The molecule has 1 aromatic carbocycles. The second-order valence-electron chi connectivity index (χ2n) is 3.15. The van der Waals surface area contributed by atoms with Crippen LogP contribution >= 0.6 is 0 Å². The van der Waals surface area contributed by atoms with Gasteiger partial charge < -0.3 is 10.8 Å². The Bertz CT molecular complexity index is 271. The zero-order valence-electron chi connectivity index (χ0n) is 7.54. The Hall–Kier alpha value is -0.860. The van der Waals surface area contributed by atoms with Crippen LogP contribution in [0, 0.1) is 13.8 Å². The zero-order valence-corrected chi connectivity index (χ0v) is 7.54. The van der Waals surface area contributed by atoms with Crippen molar-refractivity contribution in [2.45, 2.75) is 19.9 Å². The lowest BCUT2D eigenvalue weighted by Crippen LogP contribution is -2.15. The molecular weight excluding hydrogens is 150 g/mol. The van der Waals surface area contributed by atoms with E-state index in [4.69, 9.17) is 10.8 Å². The minimum absolute atomic E-state index is 0.00426. The molecule has 0 aliphatic heterocycles. The first-order valence-electron chi connectivity index (χ1n) is 4.08. The average Bonchev–Trinajstić information content (AvgIpc) is 2.08. The van der Waals surface area contributed by atoms with Crippen molar-refractivity contribution in [3.8, 4) is 0 Å². The van der Waals surface area contributed by atoms with Gasteiger partial charge in [-0.3, -0.25) is 0 Å². The van der Waals surface area contributed by atoms with Gasteiger partial charge in [-0.2, -0.15) is 0 Å². The molecule has 66 valence electrons. The molecule has 0 aromatic heterocycles. The molecular formula is C10H15NO. The van der Waals surface area contributed by atoms with Crippen LogP contribution in [0.1, 0.15) is 22.7 Å². The summed E-state index contributed by atoms with van der Waals surface area (Å²) in [5.41, 5.74) is 9.07. The van der Waals surface area contributed by atoms with E-state index in [2.05, 4.69) is 0 Å². The van der Waals surface area contributed by atoms with Crippen molar-refractivity contribution in [2.75, 3.05) is 6.61 Å². The summed E-state index contributed by atoms with van der Waals surface area (Å²) in [7, 11) is 0. The maximum Gasteiger partial charge on any atom is 0.0624 e. The molecule has 1 atom stereocenters. The molecule has 0 saturated carbocycles. The van der Waals surface area contributed by atoms with E-state index < -0.39 is 0 Å². The highest BCUT2D eigenvalue weighted by Crippen LogP contribution is 2.16. The van der Waals surface area contributed by atoms with E-state index in [-0.39, 0.29) is 12.6 Å². The highest BCUT2D eigenvalue weighted by atomic mass is 16.3. The zero-order chi connectivity index (χ0) is 9.14. The molecule has 0 amide bonds. The van der Waals surface area contributed by atoms with Gasteiger partial charge in [-0.1, -0.05) is 23.8 Å². The summed E-state index contributed by atoms with van der Waals surface area (Å²) in [6.45, 7) is 4.03. The highest BCUT2D eigenvalue weighted by Gasteiger charge is 2.06. The molecule has 0 radical (unpaired) electrons. The fourth-order valence-corrected chi connectivity index (χ4v) is 1.26. The van der Waals surface area contributed by atoms with Gasteiger partial charge in [-0.25, -0.2) is 0 Å². The summed E-state index contributed by atoms with van der Waals surface area (Å²) < 4.78 is 0. The first kappa shape index (κ1) is 9.23. The Morgan fingerprint density at radius 2 is 2.08 bits per heavy atom. The topological polar surface area (TPSA) is 46.2 Å². The van der Waals surface area contributed by atoms with Crippen LogP contribution in [0.5, 0.6) is 0 Å². The van der Waals surface area contributed by atoms with E-state index in [9.17, 15) is 0 Å². The molecule has 2 heteroatoms. The van der Waals surface area contributed by atoms with Crippen molar-refractivity contribution >= 4 is 0 Å². The molecule has 12 heavy (non-hydrogen) atoms. The third-order valence-corrected chi connectivity index (χ3v) is 2.03. The SMILES string of the molecule is Cc1ccc(C)c([C@@H](N)CO)c1. The quantitative estimate of drug-likeness (QED) is 0.693. The lowest BCUT2D eigenvalue weighted by molar-refractivity contribution is 0.267. The predicted octanol–water partition coefficient (Wildman–Crippen LogP) is 1.30. The van der Waals surface area contributed by atoms with Gasteiger partial charge in [-0.05, 0) is 25.0 Å². The Morgan fingerprint density at radius 1 is 1.42 bits per heavy atom. The average molecular weight is 165 g/mol. The second kappa shape index (κ2) is 3.70. The first-order chi connectivity index (χ1) is 5.65. The normalized spacial score (nSPS) is 13.0. The Balaban J connectivity index is 3.04. The number of benzene rings is 1. The van der Waals surface area contributed by atoms with E-state index in [1.807, 2.05) is 32.0 Å². The lowest BCUT2D eigenvalue weighted by Gasteiger charge is -2.12. The van der Waals surface area contributed by atoms with Crippen molar-refractivity contribution in [3.63, 3.8) is 0 Å². The van der Waals surface area contributed by atoms with Crippen LogP contribution in [0.4, 0.5) is 0 Å². The number of hydrogen-bond donors (Lipinski definition) is 2. The van der Waals surface area contributed by atoms with Crippen molar-refractivity contribution in [2.24, 2.45) is 5.73 Å². The predicted molar refractivity (Wildman–Crippen MR) is 49.9 cm³/mol. The molecule has 1 aromatic rings. The molecule has 0 fully saturated rings. The summed E-state index contributed by atoms with van der Waals surface area (Å²) in [4.78, 5) is 0. The Labute approximate surface area is 73.0 Å². The van der Waals surface area contributed by atoms with Crippen LogP contribution in [0.25, 0.3) is 0 Å². The van der Waals surface area contributed by atoms with Crippen molar-refractivity contribution in [3.05, 3.63) is 34.9 Å². The lowest BCUT2D eigenvalue weighted by atomic mass is 10.0. The van der Waals surface area contributed by atoms with Gasteiger partial charge in [-0.15, -0.1) is 0 Å². The van der Waals surface area contributed by atoms with Crippen molar-refractivity contribution in [1.29, 1.82) is 0 Å². The fourth-order valence-electron chi connectivity index (χ4n) is 1.26. The van der Waals surface area contributed by atoms with Gasteiger partial charge in [0, 0.05) is 0 Å². The summed E-state index contributed by atoms with van der Waals surface area (Å²) >= 11 is 0. The third-order valence-electron chi connectivity index (χ3n) is 2.03. The molecule has 0 aliphatic carbocycles. The molecule has 0 bridgehead atoms. The minimum Gasteiger partial charge on any atom is -0.394 e. The number of aliphatic hydroxyl groups is 1. The Morgan fingerprint density at radius 3 is 2.67 bits per heavy atom. The molecule has 0 unspecified atom stereocenters. The number of aliphatic hydroxyl groups excluding tert-OH is 1. The van der Waals surface area contributed by atoms with E-state index in [0.29, 0.717) is 0 Å². The van der Waals surface area contributed by atoms with E-state index in [1.165, 1.54) is 5.56 Å². The minimum atomic E-state index is -0.245. The number of hydrogen-bond acceptors (Lipinski definition) is 2. The van der Waals surface area contributed by atoms with Gasteiger partial charge in [0.05, 0.1) is 12.6 Å². The van der Waals surface area contributed by atoms with Crippen LogP contribution in [0.2, 0.25) is 0 Å². The van der Waals surface area contributed by atoms with Crippen LogP contribution in [-0.2, 0) is 0 Å². The first-order valence-corrected chi connectivity index (χ1v) is 4.08. The van der Waals surface area contributed by atoms with Crippen molar-refractivity contribution in [1.82, 2.24) is 0 Å². The van der Waals surface area contributed by atoms with Crippen LogP contribution in [0.15, 0.2) is 18.2 Å². The molecule has 3 N–H and O–H groups in total. The maximum absolute atomic E-state index is 8.88. The number of nitrogens with two attached hydrogens (primary N) is 1. The van der Waals surface area contributed by atoms with Crippen LogP contribution in [-0.4, -0.2) is 11.7 Å². The number of rotatable bonds is 2. The van der Waals surface area contributed by atoms with E-state index in [0.717, 1.165) is 11.1 Å². The monoisotopic (exact) mass is 165 g/mol. The summed E-state index contributed by atoms with van der Waals surface area (Å²) in [5.74, 6) is 0. The maximum atomic E-state index is 8.88. The van der Waals surface area contributed by atoms with E-state index >= 15 is 0 Å². The van der Waals surface area contributed by atoms with Crippen molar-refractivity contribution < 1.29 is 5.11 Å².